The van der Waals surface area contributed by atoms with Crippen LogP contribution in [0.4, 0.5) is 4.79 Å². The van der Waals surface area contributed by atoms with Gasteiger partial charge in [0.05, 0.1) is 6.20 Å². The van der Waals surface area contributed by atoms with Crippen molar-refractivity contribution in [2.75, 3.05) is 0 Å². The van der Waals surface area contributed by atoms with Gasteiger partial charge in [-0.1, -0.05) is 11.3 Å². The van der Waals surface area contributed by atoms with Gasteiger partial charge >= 0.3 is 6.09 Å². The van der Waals surface area contributed by atoms with Crippen molar-refractivity contribution in [3.63, 3.8) is 0 Å². The number of carbonyl (C=O) groups is 2. The molecule has 1 aromatic rings. The SMILES string of the molecule is CC(C)(C)NC(=O)Oc1cnc(C=O)s1. The van der Waals surface area contributed by atoms with Crippen LogP contribution in [-0.2, 0) is 0 Å². The van der Waals surface area contributed by atoms with Crippen LogP contribution in [0.5, 0.6) is 5.06 Å². The van der Waals surface area contributed by atoms with Crippen molar-refractivity contribution in [2.45, 2.75) is 26.3 Å². The van der Waals surface area contributed by atoms with Crippen LogP contribution in [0, 0.1) is 0 Å². The summed E-state index contributed by atoms with van der Waals surface area (Å²) in [5, 5.41) is 3.21. The molecular weight excluding hydrogens is 216 g/mol. The maximum atomic E-state index is 11.3. The third-order valence-corrected chi connectivity index (χ3v) is 2.07. The summed E-state index contributed by atoms with van der Waals surface area (Å²) in [7, 11) is 0. The van der Waals surface area contributed by atoms with Gasteiger partial charge in [-0.25, -0.2) is 9.78 Å². The number of ether oxygens (including phenoxy) is 1. The Kier molecular flexibility index (Phi) is 3.41. The predicted octanol–water partition coefficient (Wildman–Crippen LogP) is 1.84. The molecule has 6 heteroatoms. The Morgan fingerprint density at radius 1 is 1.60 bits per heavy atom. The summed E-state index contributed by atoms with van der Waals surface area (Å²) in [4.78, 5) is 25.3. The summed E-state index contributed by atoms with van der Waals surface area (Å²) in [5.41, 5.74) is -0.352. The lowest BCUT2D eigenvalue weighted by molar-refractivity contribution is 0.112. The minimum Gasteiger partial charge on any atom is -0.397 e. The van der Waals surface area contributed by atoms with Crippen molar-refractivity contribution in [3.05, 3.63) is 11.2 Å². The van der Waals surface area contributed by atoms with Crippen LogP contribution >= 0.6 is 11.3 Å². The molecule has 1 aromatic heterocycles. The highest BCUT2D eigenvalue weighted by molar-refractivity contribution is 7.15. The lowest BCUT2D eigenvalue weighted by Gasteiger charge is -2.19. The number of aromatic nitrogens is 1. The van der Waals surface area contributed by atoms with Gasteiger partial charge in [-0.3, -0.25) is 4.79 Å². The molecule has 0 aromatic carbocycles. The van der Waals surface area contributed by atoms with Gasteiger partial charge in [-0.05, 0) is 20.8 Å². The molecule has 0 radical (unpaired) electrons. The molecule has 1 rings (SSSR count). The minimum atomic E-state index is -0.552. The van der Waals surface area contributed by atoms with Gasteiger partial charge in [0.1, 0.15) is 0 Å². The molecular formula is C9H12N2O3S. The molecule has 0 aliphatic rings. The zero-order valence-corrected chi connectivity index (χ0v) is 9.55. The molecule has 82 valence electrons. The molecule has 1 heterocycles. The second-order valence-electron chi connectivity index (χ2n) is 3.90. The van der Waals surface area contributed by atoms with Gasteiger partial charge in [0.2, 0.25) is 5.06 Å². The molecule has 1 N–H and O–H groups in total. The molecule has 0 spiro atoms. The molecule has 0 bridgehead atoms. The summed E-state index contributed by atoms with van der Waals surface area (Å²) in [6, 6.07) is 0. The fourth-order valence-corrected chi connectivity index (χ4v) is 1.38. The van der Waals surface area contributed by atoms with E-state index in [-0.39, 0.29) is 10.5 Å². The standard InChI is InChI=1S/C9H12N2O3S/c1-9(2,3)11-8(13)14-7-4-10-6(5-12)15-7/h4-5H,1-3H3,(H,11,13). The quantitative estimate of drug-likeness (QED) is 0.784. The first-order valence-electron chi connectivity index (χ1n) is 4.32. The minimum absolute atomic E-state index is 0.286. The van der Waals surface area contributed by atoms with E-state index in [9.17, 15) is 9.59 Å². The molecule has 5 nitrogen and oxygen atoms in total. The molecule has 1 amide bonds. The van der Waals surface area contributed by atoms with Crippen LogP contribution in [-0.4, -0.2) is 22.9 Å². The van der Waals surface area contributed by atoms with Crippen molar-refractivity contribution in [2.24, 2.45) is 0 Å². The first kappa shape index (κ1) is 11.6. The molecule has 0 aliphatic heterocycles. The first-order valence-corrected chi connectivity index (χ1v) is 5.13. The van der Waals surface area contributed by atoms with Crippen molar-refractivity contribution in [1.82, 2.24) is 10.3 Å². The number of hydrogen-bond acceptors (Lipinski definition) is 5. The fraction of sp³-hybridized carbons (Fsp3) is 0.444. The molecule has 0 saturated carbocycles. The van der Waals surface area contributed by atoms with E-state index >= 15 is 0 Å². The van der Waals surface area contributed by atoms with E-state index in [1.54, 1.807) is 0 Å². The van der Waals surface area contributed by atoms with E-state index in [1.165, 1.54) is 6.20 Å². The summed E-state index contributed by atoms with van der Waals surface area (Å²) in [6.07, 6.45) is 1.40. The Morgan fingerprint density at radius 2 is 2.27 bits per heavy atom. The topological polar surface area (TPSA) is 68.3 Å². The van der Waals surface area contributed by atoms with Gasteiger partial charge in [0, 0.05) is 5.54 Å². The van der Waals surface area contributed by atoms with Crippen LogP contribution in [0.15, 0.2) is 6.20 Å². The maximum Gasteiger partial charge on any atom is 0.413 e. The summed E-state index contributed by atoms with van der Waals surface area (Å²) < 4.78 is 4.92. The number of amides is 1. The number of hydrogen-bond donors (Lipinski definition) is 1. The number of aldehydes is 1. The third-order valence-electron chi connectivity index (χ3n) is 1.27. The highest BCUT2D eigenvalue weighted by Crippen LogP contribution is 2.20. The number of nitrogens with one attached hydrogen (secondary N) is 1. The zero-order valence-electron chi connectivity index (χ0n) is 8.73. The van der Waals surface area contributed by atoms with E-state index in [0.717, 1.165) is 11.3 Å². The van der Waals surface area contributed by atoms with Crippen LogP contribution in [0.3, 0.4) is 0 Å². The molecule has 0 unspecified atom stereocenters. The zero-order chi connectivity index (χ0) is 11.5. The number of carbonyl (C=O) groups excluding carboxylic acids is 2. The lowest BCUT2D eigenvalue weighted by Crippen LogP contribution is -2.42. The van der Waals surface area contributed by atoms with Gasteiger partial charge < -0.3 is 10.1 Å². The lowest BCUT2D eigenvalue weighted by atomic mass is 10.1. The van der Waals surface area contributed by atoms with Crippen molar-refractivity contribution in [3.8, 4) is 5.06 Å². The molecule has 0 fully saturated rings. The van der Waals surface area contributed by atoms with Crippen LogP contribution < -0.4 is 10.1 Å². The Hall–Kier alpha value is -1.43. The van der Waals surface area contributed by atoms with Gasteiger partial charge in [-0.15, -0.1) is 0 Å². The van der Waals surface area contributed by atoms with Crippen molar-refractivity contribution < 1.29 is 14.3 Å². The smallest absolute Gasteiger partial charge is 0.397 e. The summed E-state index contributed by atoms with van der Waals surface area (Å²) >= 11 is 1.02. The Bertz CT molecular complexity index is 368. The second-order valence-corrected chi connectivity index (χ2v) is 4.92. The Labute approximate surface area is 91.5 Å². The van der Waals surface area contributed by atoms with Gasteiger partial charge in [0.25, 0.3) is 0 Å². The third kappa shape index (κ3) is 4.07. The largest absolute Gasteiger partial charge is 0.413 e. The van der Waals surface area contributed by atoms with E-state index in [4.69, 9.17) is 4.74 Å². The average molecular weight is 228 g/mol. The van der Waals surface area contributed by atoms with Crippen LogP contribution in [0.1, 0.15) is 30.6 Å². The first-order chi connectivity index (χ1) is 6.90. The Morgan fingerprint density at radius 3 is 2.73 bits per heavy atom. The molecule has 0 saturated heterocycles. The number of rotatable bonds is 2. The molecule has 0 aliphatic carbocycles. The number of nitrogens with zero attached hydrogens (tertiary/aromatic N) is 1. The Balaban J connectivity index is 2.55. The van der Waals surface area contributed by atoms with E-state index in [0.29, 0.717) is 11.3 Å². The van der Waals surface area contributed by atoms with Crippen molar-refractivity contribution in [1.29, 1.82) is 0 Å². The van der Waals surface area contributed by atoms with E-state index < -0.39 is 6.09 Å². The van der Waals surface area contributed by atoms with E-state index in [1.807, 2.05) is 20.8 Å². The van der Waals surface area contributed by atoms with Crippen LogP contribution in [0.2, 0.25) is 0 Å². The highest BCUT2D eigenvalue weighted by atomic mass is 32.1. The van der Waals surface area contributed by atoms with Gasteiger partial charge in [-0.2, -0.15) is 0 Å². The number of thiazole rings is 1. The molecule has 15 heavy (non-hydrogen) atoms. The second kappa shape index (κ2) is 4.39. The summed E-state index contributed by atoms with van der Waals surface area (Å²) in [5.74, 6) is 0. The van der Waals surface area contributed by atoms with Gasteiger partial charge in [0.15, 0.2) is 11.3 Å². The van der Waals surface area contributed by atoms with E-state index in [2.05, 4.69) is 10.3 Å². The maximum absolute atomic E-state index is 11.3. The monoisotopic (exact) mass is 228 g/mol. The normalized spacial score (nSPS) is 10.9. The van der Waals surface area contributed by atoms with Crippen molar-refractivity contribution >= 4 is 23.7 Å². The highest BCUT2D eigenvalue weighted by Gasteiger charge is 2.16. The fourth-order valence-electron chi connectivity index (χ4n) is 0.797. The van der Waals surface area contributed by atoms with Crippen LogP contribution in [0.25, 0.3) is 0 Å². The molecule has 0 atom stereocenters. The average Bonchev–Trinajstić information content (AvgIpc) is 2.48. The summed E-state index contributed by atoms with van der Waals surface area (Å²) in [6.45, 7) is 5.54. The predicted molar refractivity (Wildman–Crippen MR) is 56.4 cm³/mol.